The fourth-order valence-electron chi connectivity index (χ4n) is 2.46. The van der Waals surface area contributed by atoms with E-state index in [4.69, 9.17) is 10.2 Å². The number of carbonyl (C=O) groups is 3. The number of hydrogen-bond donors (Lipinski definition) is 2. The molecule has 1 aromatic rings. The average Bonchev–Trinajstić information content (AvgIpc) is 2.67. The van der Waals surface area contributed by atoms with E-state index in [0.29, 0.717) is 12.2 Å². The highest BCUT2D eigenvalue weighted by Gasteiger charge is 2.03. The molecule has 0 aliphatic heterocycles. The van der Waals surface area contributed by atoms with Crippen LogP contribution in [0.1, 0.15) is 37.0 Å². The number of carbonyl (C=O) groups excluding carboxylic acids is 1. The van der Waals surface area contributed by atoms with Crippen LogP contribution in [0.5, 0.6) is 0 Å². The van der Waals surface area contributed by atoms with Crippen LogP contribution < -0.4 is 0 Å². The smallest absolute Gasteiger partial charge is 0.328 e. The van der Waals surface area contributed by atoms with E-state index >= 15 is 0 Å². The number of benzene rings is 1. The van der Waals surface area contributed by atoms with Crippen LogP contribution in [0.3, 0.4) is 0 Å². The number of ketones is 1. The van der Waals surface area contributed by atoms with Crippen molar-refractivity contribution in [3.05, 3.63) is 82.4 Å². The average molecular weight is 492 g/mol. The summed E-state index contributed by atoms with van der Waals surface area (Å²) >= 11 is 3.38. The normalized spacial score (nSPS) is 11.8. The maximum absolute atomic E-state index is 12.2. The molecule has 0 heterocycles. The Morgan fingerprint density at radius 3 is 2.06 bits per heavy atom. The first-order chi connectivity index (χ1) is 14.5. The van der Waals surface area contributed by atoms with Crippen LogP contribution in [0.2, 0.25) is 0 Å². The van der Waals surface area contributed by atoms with Gasteiger partial charge >= 0.3 is 11.9 Å². The molecule has 0 saturated heterocycles. The first-order valence-electron chi connectivity index (χ1n) is 9.61. The molecule has 0 aliphatic rings. The van der Waals surface area contributed by atoms with Gasteiger partial charge in [0.05, 0.1) is 0 Å². The largest absolute Gasteiger partial charge is 0.478 e. The first kappa shape index (κ1) is 28.2. The zero-order valence-electron chi connectivity index (χ0n) is 18.2. The summed E-state index contributed by atoms with van der Waals surface area (Å²) in [6.07, 6.45) is 8.89. The molecular formula is C24H30BrNO5. The van der Waals surface area contributed by atoms with Crippen molar-refractivity contribution in [2.45, 2.75) is 26.7 Å². The second-order valence-corrected chi connectivity index (χ2v) is 7.86. The van der Waals surface area contributed by atoms with E-state index < -0.39 is 11.9 Å². The molecular weight excluding hydrogens is 462 g/mol. The number of aliphatic carboxylic acids is 2. The van der Waals surface area contributed by atoms with Gasteiger partial charge in [0.15, 0.2) is 5.78 Å². The molecule has 0 radical (unpaired) electrons. The van der Waals surface area contributed by atoms with Gasteiger partial charge in [-0.3, -0.25) is 9.69 Å². The van der Waals surface area contributed by atoms with Gasteiger partial charge in [-0.25, -0.2) is 9.59 Å². The predicted octanol–water partition coefficient (Wildman–Crippen LogP) is 5.13. The summed E-state index contributed by atoms with van der Waals surface area (Å²) in [5.74, 6) is -2.44. The monoisotopic (exact) mass is 491 g/mol. The van der Waals surface area contributed by atoms with Gasteiger partial charge in [-0.05, 0) is 64.1 Å². The molecule has 168 valence electrons. The highest BCUT2D eigenvalue weighted by Crippen LogP contribution is 2.13. The lowest BCUT2D eigenvalue weighted by atomic mass is 10.1. The van der Waals surface area contributed by atoms with E-state index in [0.717, 1.165) is 41.5 Å². The topological polar surface area (TPSA) is 94.9 Å². The Morgan fingerprint density at radius 2 is 1.58 bits per heavy atom. The van der Waals surface area contributed by atoms with Crippen LogP contribution >= 0.6 is 15.9 Å². The molecule has 0 unspecified atom stereocenters. The van der Waals surface area contributed by atoms with E-state index in [1.54, 1.807) is 6.08 Å². The van der Waals surface area contributed by atoms with Gasteiger partial charge in [0, 0.05) is 35.3 Å². The third-order valence-corrected chi connectivity index (χ3v) is 4.39. The van der Waals surface area contributed by atoms with Crippen LogP contribution in [0, 0.1) is 0 Å². The van der Waals surface area contributed by atoms with Gasteiger partial charge in [0.1, 0.15) is 0 Å². The van der Waals surface area contributed by atoms with Crippen molar-refractivity contribution in [1.82, 2.24) is 4.90 Å². The quantitative estimate of drug-likeness (QED) is 0.253. The van der Waals surface area contributed by atoms with Gasteiger partial charge in [-0.2, -0.15) is 0 Å². The van der Waals surface area contributed by atoms with Crippen molar-refractivity contribution in [3.63, 3.8) is 0 Å². The summed E-state index contributed by atoms with van der Waals surface area (Å²) in [7, 11) is 2.08. The number of nitrogens with zero attached hydrogens (tertiary/aromatic N) is 1. The molecule has 31 heavy (non-hydrogen) atoms. The molecule has 6 nitrogen and oxygen atoms in total. The minimum Gasteiger partial charge on any atom is -0.478 e. The van der Waals surface area contributed by atoms with Crippen molar-refractivity contribution in [2.24, 2.45) is 0 Å². The molecule has 0 atom stereocenters. The summed E-state index contributed by atoms with van der Waals surface area (Å²) in [6.45, 7) is 9.76. The number of carboxylic acids is 2. The van der Waals surface area contributed by atoms with Gasteiger partial charge in [0.25, 0.3) is 0 Å². The lowest BCUT2D eigenvalue weighted by Gasteiger charge is -2.14. The van der Waals surface area contributed by atoms with Gasteiger partial charge < -0.3 is 10.2 Å². The molecule has 0 aromatic heterocycles. The molecule has 0 bridgehead atoms. The second-order valence-electron chi connectivity index (χ2n) is 6.95. The Bertz CT molecular complexity index is 822. The molecule has 1 rings (SSSR count). The van der Waals surface area contributed by atoms with Gasteiger partial charge in [-0.1, -0.05) is 39.2 Å². The number of rotatable bonds is 11. The van der Waals surface area contributed by atoms with Crippen molar-refractivity contribution >= 4 is 33.7 Å². The SMILES string of the molecule is C=CCN(C)CC(C)=CCCC(C)=CC(=O)c1ccc(Br)cc1.O=C(O)C=CC(=O)O. The Balaban J connectivity index is 0.000000954. The molecule has 0 fully saturated rings. The highest BCUT2D eigenvalue weighted by atomic mass is 79.9. The van der Waals surface area contributed by atoms with Gasteiger partial charge in [0.2, 0.25) is 0 Å². The minimum atomic E-state index is -1.26. The summed E-state index contributed by atoms with van der Waals surface area (Å²) in [4.78, 5) is 33.5. The number of likely N-dealkylation sites (N-methyl/N-ethyl adjacent to an activating group) is 1. The standard InChI is InChI=1S/C20H26BrNO.C4H4O4/c1-5-13-22(4)15-17(3)8-6-7-16(2)14-20(23)18-9-11-19(21)12-10-18;5-3(6)1-2-4(7)8/h5,8-12,14H,1,6-7,13,15H2,2-4H3;1-2H,(H,5,6)(H,7,8). The number of allylic oxidation sites excluding steroid dienone is 3. The second kappa shape index (κ2) is 16.0. The lowest BCUT2D eigenvalue weighted by molar-refractivity contribution is -0.134. The summed E-state index contributed by atoms with van der Waals surface area (Å²) in [6, 6.07) is 7.47. The Labute approximate surface area is 192 Å². The molecule has 0 amide bonds. The third-order valence-electron chi connectivity index (χ3n) is 3.87. The maximum atomic E-state index is 12.2. The highest BCUT2D eigenvalue weighted by molar-refractivity contribution is 9.10. The third kappa shape index (κ3) is 15.7. The molecule has 0 spiro atoms. The van der Waals surface area contributed by atoms with Crippen molar-refractivity contribution in [1.29, 1.82) is 0 Å². The van der Waals surface area contributed by atoms with Crippen molar-refractivity contribution in [3.8, 4) is 0 Å². The van der Waals surface area contributed by atoms with Crippen LogP contribution in [0.4, 0.5) is 0 Å². The fraction of sp³-hybridized carbons (Fsp3) is 0.292. The molecule has 0 aliphatic carbocycles. The van der Waals surface area contributed by atoms with E-state index in [-0.39, 0.29) is 5.78 Å². The van der Waals surface area contributed by atoms with Crippen LogP contribution in [0.15, 0.2) is 76.8 Å². The van der Waals surface area contributed by atoms with Gasteiger partial charge in [-0.15, -0.1) is 6.58 Å². The fourth-order valence-corrected chi connectivity index (χ4v) is 2.72. The number of hydrogen-bond acceptors (Lipinski definition) is 4. The number of halogens is 1. The van der Waals surface area contributed by atoms with Crippen LogP contribution in [0.25, 0.3) is 0 Å². The Hall–Kier alpha value is -2.77. The summed E-state index contributed by atoms with van der Waals surface area (Å²) < 4.78 is 0.983. The molecule has 2 N–H and O–H groups in total. The predicted molar refractivity (Wildman–Crippen MR) is 127 cm³/mol. The summed E-state index contributed by atoms with van der Waals surface area (Å²) in [5, 5.41) is 15.6. The first-order valence-corrected chi connectivity index (χ1v) is 10.4. The molecule has 0 saturated carbocycles. The molecule has 1 aromatic carbocycles. The summed E-state index contributed by atoms with van der Waals surface area (Å²) in [5.41, 5.74) is 3.19. The van der Waals surface area contributed by atoms with Crippen LogP contribution in [-0.4, -0.2) is 53.0 Å². The van der Waals surface area contributed by atoms with Crippen molar-refractivity contribution in [2.75, 3.05) is 20.1 Å². The van der Waals surface area contributed by atoms with E-state index in [2.05, 4.69) is 47.5 Å². The zero-order chi connectivity index (χ0) is 23.8. The molecule has 7 heteroatoms. The van der Waals surface area contributed by atoms with Crippen LogP contribution in [-0.2, 0) is 9.59 Å². The minimum absolute atomic E-state index is 0.0708. The Morgan fingerprint density at radius 1 is 1.03 bits per heavy atom. The number of carboxylic acid groups (broad SMARTS) is 2. The van der Waals surface area contributed by atoms with E-state index in [1.807, 2.05) is 37.3 Å². The lowest BCUT2D eigenvalue weighted by Crippen LogP contribution is -2.20. The Kier molecular flexibility index (Phi) is 14.6. The van der Waals surface area contributed by atoms with E-state index in [1.165, 1.54) is 5.57 Å². The zero-order valence-corrected chi connectivity index (χ0v) is 19.8. The maximum Gasteiger partial charge on any atom is 0.328 e. The van der Waals surface area contributed by atoms with Crippen molar-refractivity contribution < 1.29 is 24.6 Å². The van der Waals surface area contributed by atoms with E-state index in [9.17, 15) is 14.4 Å².